The monoisotopic (exact) mass is 429 g/mol. The van der Waals surface area contributed by atoms with Gasteiger partial charge in [0.25, 0.3) is 10.0 Å². The summed E-state index contributed by atoms with van der Waals surface area (Å²) in [4.78, 5) is 8.69. The summed E-state index contributed by atoms with van der Waals surface area (Å²) >= 11 is 0. The van der Waals surface area contributed by atoms with Crippen LogP contribution in [0.1, 0.15) is 30.1 Å². The van der Waals surface area contributed by atoms with Gasteiger partial charge in [-0.25, -0.2) is 17.8 Å². The minimum absolute atomic E-state index is 0.00842. The molecule has 1 N–H and O–H groups in total. The second kappa shape index (κ2) is 8.16. The third kappa shape index (κ3) is 4.36. The van der Waals surface area contributed by atoms with E-state index in [1.807, 2.05) is 19.1 Å². The molecule has 4 rings (SSSR count). The third-order valence-electron chi connectivity index (χ3n) is 5.19. The van der Waals surface area contributed by atoms with E-state index in [4.69, 9.17) is 0 Å². The number of pyridine rings is 1. The lowest BCUT2D eigenvalue weighted by atomic mass is 9.95. The number of halogens is 1. The van der Waals surface area contributed by atoms with E-state index in [1.54, 1.807) is 23.7 Å². The molecule has 0 aliphatic carbocycles. The number of nitrogens with zero attached hydrogens (tertiary/aromatic N) is 4. The average molecular weight is 430 g/mol. The van der Waals surface area contributed by atoms with Crippen molar-refractivity contribution in [3.8, 4) is 0 Å². The Balaban J connectivity index is 1.56. The van der Waals surface area contributed by atoms with Crippen molar-refractivity contribution >= 4 is 21.4 Å². The highest BCUT2D eigenvalue weighted by atomic mass is 32.2. The van der Waals surface area contributed by atoms with Crippen LogP contribution < -0.4 is 5.32 Å². The molecule has 1 aromatic carbocycles. The van der Waals surface area contributed by atoms with E-state index in [2.05, 4.69) is 15.3 Å². The zero-order chi connectivity index (χ0) is 21.3. The number of hydrogen-bond donors (Lipinski definition) is 1. The van der Waals surface area contributed by atoms with Gasteiger partial charge >= 0.3 is 0 Å². The Kier molecular flexibility index (Phi) is 5.57. The van der Waals surface area contributed by atoms with Crippen molar-refractivity contribution < 1.29 is 12.8 Å². The van der Waals surface area contributed by atoms with Crippen LogP contribution in [-0.2, 0) is 17.1 Å². The summed E-state index contributed by atoms with van der Waals surface area (Å²) in [7, 11) is -1.89. The molecule has 1 aliphatic rings. The maximum absolute atomic E-state index is 13.2. The maximum atomic E-state index is 13.2. The summed E-state index contributed by atoms with van der Waals surface area (Å²) in [5, 5.41) is 3.34. The number of rotatable bonds is 5. The first-order valence-electron chi connectivity index (χ1n) is 9.80. The molecule has 0 amide bonds. The number of hydrogen-bond acceptors (Lipinski definition) is 5. The van der Waals surface area contributed by atoms with Crippen LogP contribution in [0.2, 0.25) is 0 Å². The predicted octanol–water partition coefficient (Wildman–Crippen LogP) is 3.57. The van der Waals surface area contributed by atoms with Gasteiger partial charge in [0.1, 0.15) is 5.82 Å². The number of aryl methyl sites for hydroxylation is 2. The van der Waals surface area contributed by atoms with Crippen molar-refractivity contribution in [2.75, 3.05) is 18.4 Å². The molecule has 0 radical (unpaired) electrons. The summed E-state index contributed by atoms with van der Waals surface area (Å²) in [6.45, 7) is 2.75. The molecule has 0 spiro atoms. The second-order valence-electron chi connectivity index (χ2n) is 7.63. The zero-order valence-corrected chi connectivity index (χ0v) is 17.7. The quantitative estimate of drug-likeness (QED) is 0.671. The molecule has 1 fully saturated rings. The van der Waals surface area contributed by atoms with Crippen LogP contribution in [0.5, 0.6) is 0 Å². The van der Waals surface area contributed by atoms with Gasteiger partial charge in [-0.05, 0) is 56.2 Å². The Morgan fingerprint density at radius 1 is 1.17 bits per heavy atom. The fraction of sp³-hybridized carbons (Fsp3) is 0.333. The van der Waals surface area contributed by atoms with Crippen LogP contribution in [0.25, 0.3) is 0 Å². The Bertz CT molecular complexity index is 1140. The highest BCUT2D eigenvalue weighted by Crippen LogP contribution is 2.31. The molecular formula is C21H24FN5O2S. The van der Waals surface area contributed by atoms with Crippen molar-refractivity contribution in [2.24, 2.45) is 7.05 Å². The van der Waals surface area contributed by atoms with Gasteiger partial charge in [0, 0.05) is 55.0 Å². The number of piperidine rings is 1. The van der Waals surface area contributed by atoms with Gasteiger partial charge in [0.15, 0.2) is 5.03 Å². The lowest BCUT2D eigenvalue weighted by Gasteiger charge is -2.31. The Hall–Kier alpha value is -2.78. The molecule has 1 aliphatic heterocycles. The van der Waals surface area contributed by atoms with E-state index in [0.717, 1.165) is 35.6 Å². The molecule has 9 heteroatoms. The van der Waals surface area contributed by atoms with Gasteiger partial charge in [-0.1, -0.05) is 0 Å². The van der Waals surface area contributed by atoms with Gasteiger partial charge in [-0.3, -0.25) is 4.98 Å². The van der Waals surface area contributed by atoms with Crippen LogP contribution in [0.3, 0.4) is 0 Å². The summed E-state index contributed by atoms with van der Waals surface area (Å²) in [5.74, 6) is -0.297. The summed E-state index contributed by atoms with van der Waals surface area (Å²) < 4.78 is 42.2. The molecule has 1 atom stereocenters. The summed E-state index contributed by atoms with van der Waals surface area (Å²) in [6, 6.07) is 10.0. The molecule has 2 aromatic heterocycles. The first-order chi connectivity index (χ1) is 14.3. The van der Waals surface area contributed by atoms with Crippen molar-refractivity contribution in [3.05, 3.63) is 66.1 Å². The predicted molar refractivity (Wildman–Crippen MR) is 113 cm³/mol. The second-order valence-corrected chi connectivity index (χ2v) is 9.52. The molecule has 30 heavy (non-hydrogen) atoms. The van der Waals surface area contributed by atoms with Crippen molar-refractivity contribution in [1.82, 2.24) is 18.8 Å². The molecule has 158 valence electrons. The molecule has 0 bridgehead atoms. The van der Waals surface area contributed by atoms with Crippen LogP contribution in [-0.4, -0.2) is 40.3 Å². The molecule has 1 unspecified atom stereocenters. The van der Waals surface area contributed by atoms with Crippen molar-refractivity contribution in [3.63, 3.8) is 0 Å². The van der Waals surface area contributed by atoms with Crippen LogP contribution in [0.15, 0.2) is 53.9 Å². The van der Waals surface area contributed by atoms with Crippen LogP contribution in [0, 0.1) is 12.7 Å². The molecule has 7 nitrogen and oxygen atoms in total. The topological polar surface area (TPSA) is 80.1 Å². The SMILES string of the molecule is Cc1cc(Nc2ccc(F)cc2)cc(C2CCCN(S(=O)(=O)c3cn(C)cn3)C2)n1. The molecule has 1 saturated heterocycles. The fourth-order valence-electron chi connectivity index (χ4n) is 3.73. The molecular weight excluding hydrogens is 405 g/mol. The first-order valence-corrected chi connectivity index (χ1v) is 11.2. The highest BCUT2D eigenvalue weighted by Gasteiger charge is 2.33. The van der Waals surface area contributed by atoms with Gasteiger partial charge in [0.05, 0.1) is 6.33 Å². The average Bonchev–Trinajstić information content (AvgIpc) is 3.17. The first kappa shape index (κ1) is 20.5. The van der Waals surface area contributed by atoms with Gasteiger partial charge in [-0.2, -0.15) is 4.31 Å². The minimum atomic E-state index is -3.63. The van der Waals surface area contributed by atoms with E-state index in [9.17, 15) is 12.8 Å². The minimum Gasteiger partial charge on any atom is -0.355 e. The largest absolute Gasteiger partial charge is 0.355 e. The normalized spacial score (nSPS) is 17.8. The zero-order valence-electron chi connectivity index (χ0n) is 16.9. The third-order valence-corrected chi connectivity index (χ3v) is 6.94. The van der Waals surface area contributed by atoms with Crippen LogP contribution >= 0.6 is 0 Å². The van der Waals surface area contributed by atoms with Gasteiger partial charge in [-0.15, -0.1) is 0 Å². The highest BCUT2D eigenvalue weighted by molar-refractivity contribution is 7.89. The summed E-state index contributed by atoms with van der Waals surface area (Å²) in [6.07, 6.45) is 4.63. The number of nitrogens with one attached hydrogen (secondary N) is 1. The fourth-order valence-corrected chi connectivity index (χ4v) is 5.22. The van der Waals surface area contributed by atoms with Crippen LogP contribution in [0.4, 0.5) is 15.8 Å². The Labute approximate surface area is 175 Å². The standard InChI is InChI=1S/C21H24FN5O2S/c1-15-10-19(25-18-7-5-17(22)6-8-18)11-20(24-15)16-4-3-9-27(12-16)30(28,29)21-13-26(2)14-23-21/h5-8,10-11,13-14,16H,3-4,9,12H2,1-2H3,(H,24,25). The van der Waals surface area contributed by atoms with Crippen molar-refractivity contribution in [2.45, 2.75) is 30.7 Å². The Morgan fingerprint density at radius 2 is 1.93 bits per heavy atom. The number of imidazole rings is 1. The lowest BCUT2D eigenvalue weighted by Crippen LogP contribution is -2.39. The van der Waals surface area contributed by atoms with E-state index in [-0.39, 0.29) is 16.8 Å². The molecule has 3 heterocycles. The lowest BCUT2D eigenvalue weighted by molar-refractivity contribution is 0.312. The molecule has 3 aromatic rings. The number of sulfonamides is 1. The van der Waals surface area contributed by atoms with Gasteiger partial charge in [0.2, 0.25) is 0 Å². The number of benzene rings is 1. The van der Waals surface area contributed by atoms with E-state index in [0.29, 0.717) is 13.1 Å². The van der Waals surface area contributed by atoms with E-state index in [1.165, 1.54) is 29.0 Å². The van der Waals surface area contributed by atoms with E-state index >= 15 is 0 Å². The van der Waals surface area contributed by atoms with Crippen molar-refractivity contribution in [1.29, 1.82) is 0 Å². The number of aromatic nitrogens is 3. The Morgan fingerprint density at radius 3 is 2.63 bits per heavy atom. The van der Waals surface area contributed by atoms with E-state index < -0.39 is 10.0 Å². The van der Waals surface area contributed by atoms with Gasteiger partial charge < -0.3 is 9.88 Å². The summed E-state index contributed by atoms with van der Waals surface area (Å²) in [5.41, 5.74) is 3.30. The number of anilines is 2. The smallest absolute Gasteiger partial charge is 0.262 e. The molecule has 0 saturated carbocycles. The maximum Gasteiger partial charge on any atom is 0.262 e.